The van der Waals surface area contributed by atoms with Gasteiger partial charge in [0, 0.05) is 0 Å². The Hall–Kier alpha value is -1.74. The second-order valence-corrected chi connectivity index (χ2v) is 4.70. The van der Waals surface area contributed by atoms with Crippen molar-refractivity contribution in [1.82, 2.24) is 10.3 Å². The molecule has 1 aromatic carbocycles. The molecule has 1 atom stereocenters. The van der Waals surface area contributed by atoms with Crippen molar-refractivity contribution in [2.45, 2.75) is 26.3 Å². The van der Waals surface area contributed by atoms with E-state index in [-0.39, 0.29) is 11.9 Å². The first-order chi connectivity index (χ1) is 9.19. The standard InChI is InChI=1S/C16H19FN2/c1-3-18-16(15-8-7-14(17)11-19-15)10-13-6-4-5-12(2)9-13/h4-9,11,16,18H,3,10H2,1-2H3. The first kappa shape index (κ1) is 13.7. The predicted octanol–water partition coefficient (Wildman–Crippen LogP) is 3.42. The van der Waals surface area contributed by atoms with Crippen molar-refractivity contribution >= 4 is 0 Å². The Morgan fingerprint density at radius 2 is 2.11 bits per heavy atom. The highest BCUT2D eigenvalue weighted by molar-refractivity contribution is 5.24. The molecule has 0 aliphatic heterocycles. The Labute approximate surface area is 113 Å². The Morgan fingerprint density at radius 3 is 2.74 bits per heavy atom. The van der Waals surface area contributed by atoms with Gasteiger partial charge in [0.15, 0.2) is 0 Å². The van der Waals surface area contributed by atoms with Gasteiger partial charge in [-0.15, -0.1) is 0 Å². The lowest BCUT2D eigenvalue weighted by atomic mass is 10.0. The normalized spacial score (nSPS) is 12.4. The van der Waals surface area contributed by atoms with Gasteiger partial charge in [-0.1, -0.05) is 36.8 Å². The molecule has 1 N–H and O–H groups in total. The van der Waals surface area contributed by atoms with Gasteiger partial charge < -0.3 is 5.32 Å². The number of likely N-dealkylation sites (N-methyl/N-ethyl adjacent to an activating group) is 1. The fourth-order valence-corrected chi connectivity index (χ4v) is 2.20. The van der Waals surface area contributed by atoms with Crippen LogP contribution < -0.4 is 5.32 Å². The zero-order valence-corrected chi connectivity index (χ0v) is 11.4. The summed E-state index contributed by atoms with van der Waals surface area (Å²) >= 11 is 0. The zero-order chi connectivity index (χ0) is 13.7. The van der Waals surface area contributed by atoms with Crippen LogP contribution in [0.25, 0.3) is 0 Å². The molecule has 0 aliphatic carbocycles. The van der Waals surface area contributed by atoms with E-state index in [1.54, 1.807) is 6.07 Å². The van der Waals surface area contributed by atoms with Gasteiger partial charge in [0.25, 0.3) is 0 Å². The summed E-state index contributed by atoms with van der Waals surface area (Å²) in [6.07, 6.45) is 2.13. The summed E-state index contributed by atoms with van der Waals surface area (Å²) in [5.41, 5.74) is 3.39. The lowest BCUT2D eigenvalue weighted by Crippen LogP contribution is -2.24. The van der Waals surface area contributed by atoms with Gasteiger partial charge >= 0.3 is 0 Å². The largest absolute Gasteiger partial charge is 0.309 e. The highest BCUT2D eigenvalue weighted by atomic mass is 19.1. The molecule has 0 radical (unpaired) electrons. The van der Waals surface area contributed by atoms with Crippen LogP contribution in [0.3, 0.4) is 0 Å². The number of nitrogens with one attached hydrogen (secondary N) is 1. The van der Waals surface area contributed by atoms with Crippen LogP contribution in [0.1, 0.15) is 29.8 Å². The van der Waals surface area contributed by atoms with Gasteiger partial charge in [0.05, 0.1) is 17.9 Å². The van der Waals surface area contributed by atoms with E-state index in [1.165, 1.54) is 23.4 Å². The average Bonchev–Trinajstić information content (AvgIpc) is 2.39. The first-order valence-electron chi connectivity index (χ1n) is 6.59. The maximum atomic E-state index is 12.9. The van der Waals surface area contributed by atoms with Crippen LogP contribution in [0, 0.1) is 12.7 Å². The zero-order valence-electron chi connectivity index (χ0n) is 11.4. The van der Waals surface area contributed by atoms with E-state index < -0.39 is 0 Å². The van der Waals surface area contributed by atoms with Gasteiger partial charge in [-0.05, 0) is 37.6 Å². The van der Waals surface area contributed by atoms with Crippen LogP contribution in [-0.4, -0.2) is 11.5 Å². The first-order valence-corrected chi connectivity index (χ1v) is 6.59. The number of halogens is 1. The minimum atomic E-state index is -0.297. The third kappa shape index (κ3) is 3.86. The second kappa shape index (κ2) is 6.43. The highest BCUT2D eigenvalue weighted by Crippen LogP contribution is 2.17. The van der Waals surface area contributed by atoms with E-state index in [4.69, 9.17) is 0 Å². The summed E-state index contributed by atoms with van der Waals surface area (Å²) in [7, 11) is 0. The number of aryl methyl sites for hydroxylation is 1. The van der Waals surface area contributed by atoms with Crippen molar-refractivity contribution < 1.29 is 4.39 Å². The summed E-state index contributed by atoms with van der Waals surface area (Å²) in [4.78, 5) is 4.18. The molecule has 0 saturated heterocycles. The van der Waals surface area contributed by atoms with Gasteiger partial charge in [0.1, 0.15) is 5.82 Å². The fourth-order valence-electron chi connectivity index (χ4n) is 2.20. The average molecular weight is 258 g/mol. The van der Waals surface area contributed by atoms with Crippen LogP contribution in [0.15, 0.2) is 42.6 Å². The third-order valence-electron chi connectivity index (χ3n) is 3.08. The van der Waals surface area contributed by atoms with Crippen LogP contribution in [-0.2, 0) is 6.42 Å². The summed E-state index contributed by atoms with van der Waals surface area (Å²) in [6.45, 7) is 5.00. The van der Waals surface area contributed by atoms with Crippen molar-refractivity contribution in [3.63, 3.8) is 0 Å². The molecule has 2 aromatic rings. The number of benzene rings is 1. The van der Waals surface area contributed by atoms with Crippen LogP contribution in [0.2, 0.25) is 0 Å². The lowest BCUT2D eigenvalue weighted by molar-refractivity contribution is 0.531. The topological polar surface area (TPSA) is 24.9 Å². The van der Waals surface area contributed by atoms with Crippen molar-refractivity contribution in [2.75, 3.05) is 6.54 Å². The molecule has 3 heteroatoms. The SMILES string of the molecule is CCNC(Cc1cccc(C)c1)c1ccc(F)cn1. The molecule has 1 unspecified atom stereocenters. The van der Waals surface area contributed by atoms with E-state index >= 15 is 0 Å². The van der Waals surface area contributed by atoms with Gasteiger partial charge in [-0.2, -0.15) is 0 Å². The number of nitrogens with zero attached hydrogens (tertiary/aromatic N) is 1. The van der Waals surface area contributed by atoms with Gasteiger partial charge in [0.2, 0.25) is 0 Å². The molecule has 2 nitrogen and oxygen atoms in total. The van der Waals surface area contributed by atoms with Crippen molar-refractivity contribution in [3.8, 4) is 0 Å². The summed E-state index contributed by atoms with van der Waals surface area (Å²) in [5, 5.41) is 3.40. The summed E-state index contributed by atoms with van der Waals surface area (Å²) < 4.78 is 12.9. The Kier molecular flexibility index (Phi) is 4.63. The molecule has 0 fully saturated rings. The molecule has 0 saturated carbocycles. The lowest BCUT2D eigenvalue weighted by Gasteiger charge is -2.17. The van der Waals surface area contributed by atoms with E-state index in [9.17, 15) is 4.39 Å². The molecule has 2 rings (SSSR count). The minimum Gasteiger partial charge on any atom is -0.309 e. The number of pyridine rings is 1. The Bertz CT molecular complexity index is 523. The molecule has 0 aliphatic rings. The Balaban J connectivity index is 2.18. The van der Waals surface area contributed by atoms with E-state index in [2.05, 4.69) is 48.4 Å². The summed E-state index contributed by atoms with van der Waals surface area (Å²) in [5.74, 6) is -0.297. The van der Waals surface area contributed by atoms with Crippen molar-refractivity contribution in [1.29, 1.82) is 0 Å². The second-order valence-electron chi connectivity index (χ2n) is 4.70. The predicted molar refractivity (Wildman–Crippen MR) is 75.5 cm³/mol. The number of hydrogen-bond acceptors (Lipinski definition) is 2. The van der Waals surface area contributed by atoms with Crippen molar-refractivity contribution in [3.05, 3.63) is 65.2 Å². The minimum absolute atomic E-state index is 0.118. The molecule has 0 bridgehead atoms. The van der Waals surface area contributed by atoms with Gasteiger partial charge in [-0.3, -0.25) is 4.98 Å². The number of hydrogen-bond donors (Lipinski definition) is 1. The van der Waals surface area contributed by atoms with Crippen molar-refractivity contribution in [2.24, 2.45) is 0 Å². The molecule has 100 valence electrons. The maximum absolute atomic E-state index is 12.9. The molecule has 19 heavy (non-hydrogen) atoms. The smallest absolute Gasteiger partial charge is 0.141 e. The third-order valence-corrected chi connectivity index (χ3v) is 3.08. The van der Waals surface area contributed by atoms with E-state index in [1.807, 2.05) is 0 Å². The molecule has 0 spiro atoms. The number of rotatable bonds is 5. The molecular weight excluding hydrogens is 239 g/mol. The fraction of sp³-hybridized carbons (Fsp3) is 0.312. The van der Waals surface area contributed by atoms with E-state index in [0.717, 1.165) is 18.7 Å². The van der Waals surface area contributed by atoms with E-state index in [0.29, 0.717) is 0 Å². The van der Waals surface area contributed by atoms with Crippen LogP contribution >= 0.6 is 0 Å². The molecule has 1 heterocycles. The molecule has 1 aromatic heterocycles. The number of aromatic nitrogens is 1. The van der Waals surface area contributed by atoms with Gasteiger partial charge in [-0.25, -0.2) is 4.39 Å². The molecule has 0 amide bonds. The maximum Gasteiger partial charge on any atom is 0.141 e. The van der Waals surface area contributed by atoms with Crippen LogP contribution in [0.4, 0.5) is 4.39 Å². The highest BCUT2D eigenvalue weighted by Gasteiger charge is 2.12. The quantitative estimate of drug-likeness (QED) is 0.888. The molecular formula is C16H19FN2. The van der Waals surface area contributed by atoms with Crippen LogP contribution in [0.5, 0.6) is 0 Å². The Morgan fingerprint density at radius 1 is 1.26 bits per heavy atom. The monoisotopic (exact) mass is 258 g/mol. The summed E-state index contributed by atoms with van der Waals surface area (Å²) in [6, 6.07) is 11.8.